The predicted molar refractivity (Wildman–Crippen MR) is 142 cm³/mol. The number of methoxy groups -OCH3 is 3. The smallest absolute Gasteiger partial charge is 0.263 e. The summed E-state index contributed by atoms with van der Waals surface area (Å²) in [6, 6.07) is 16.6. The van der Waals surface area contributed by atoms with Crippen molar-refractivity contribution in [1.29, 1.82) is 0 Å². The third kappa shape index (κ3) is 3.88. The quantitative estimate of drug-likeness (QED) is 0.252. The molecule has 9 heteroatoms. The molecule has 0 fully saturated rings. The lowest BCUT2D eigenvalue weighted by Gasteiger charge is -2.17. The van der Waals surface area contributed by atoms with E-state index in [-0.39, 0.29) is 5.56 Å². The average molecular weight is 521 g/mol. The number of halogens is 1. The van der Waals surface area contributed by atoms with Crippen LogP contribution in [-0.2, 0) is 6.54 Å². The summed E-state index contributed by atoms with van der Waals surface area (Å²) in [7, 11) is 4.60. The summed E-state index contributed by atoms with van der Waals surface area (Å²) in [5, 5.41) is 1.44. The van der Waals surface area contributed by atoms with Crippen molar-refractivity contribution < 1.29 is 19.0 Å². The molecule has 0 amide bonds. The number of aromatic nitrogens is 2. The van der Waals surface area contributed by atoms with Gasteiger partial charge in [0.2, 0.25) is 5.75 Å². The van der Waals surface area contributed by atoms with E-state index in [0.29, 0.717) is 72.4 Å². The SMILES string of the molecule is COc1cc(-c2nc3sc4c(Cl)c(C=O)ccc4c3c(=O)n2Cc2ccccc2)cc(OC)c1OC. The number of carbonyl (C=O) groups excluding carboxylic acids is 1. The minimum absolute atomic E-state index is 0.214. The van der Waals surface area contributed by atoms with E-state index in [4.69, 9.17) is 30.8 Å². The van der Waals surface area contributed by atoms with Gasteiger partial charge in [0.15, 0.2) is 17.8 Å². The number of thiophene rings is 1. The first-order chi connectivity index (χ1) is 17.5. The van der Waals surface area contributed by atoms with Crippen LogP contribution in [0.2, 0.25) is 5.02 Å². The zero-order chi connectivity index (χ0) is 25.4. The summed E-state index contributed by atoms with van der Waals surface area (Å²) in [6.45, 7) is 0.298. The number of hydrogen-bond donors (Lipinski definition) is 0. The summed E-state index contributed by atoms with van der Waals surface area (Å²) in [5.74, 6) is 1.77. The van der Waals surface area contributed by atoms with Crippen LogP contribution >= 0.6 is 22.9 Å². The van der Waals surface area contributed by atoms with Crippen molar-refractivity contribution in [3.63, 3.8) is 0 Å². The summed E-state index contributed by atoms with van der Waals surface area (Å²) in [6.07, 6.45) is 0.703. The topological polar surface area (TPSA) is 79.7 Å². The largest absolute Gasteiger partial charge is 0.493 e. The zero-order valence-corrected chi connectivity index (χ0v) is 21.3. The monoisotopic (exact) mass is 520 g/mol. The molecule has 0 saturated heterocycles. The van der Waals surface area contributed by atoms with Gasteiger partial charge in [-0.3, -0.25) is 14.2 Å². The summed E-state index contributed by atoms with van der Waals surface area (Å²) in [5.41, 5.74) is 1.71. The lowest BCUT2D eigenvalue weighted by Crippen LogP contribution is -2.23. The highest BCUT2D eigenvalue weighted by molar-refractivity contribution is 7.26. The molecule has 0 aliphatic carbocycles. The molecule has 0 atom stereocenters. The normalized spacial score (nSPS) is 11.1. The van der Waals surface area contributed by atoms with Crippen LogP contribution in [0.4, 0.5) is 0 Å². The van der Waals surface area contributed by atoms with Gasteiger partial charge in [0, 0.05) is 16.5 Å². The number of hydrogen-bond acceptors (Lipinski definition) is 7. The standard InChI is InChI=1S/C27H21ClN2O5S/c1-33-19-11-17(12-20(34-2)23(19)35-3)25-29-26-21(18-10-9-16(14-31)22(28)24(18)36-26)27(32)30(25)13-15-7-5-4-6-8-15/h4-12,14H,13H2,1-3H3. The zero-order valence-electron chi connectivity index (χ0n) is 19.7. The Morgan fingerprint density at radius 3 is 2.31 bits per heavy atom. The molecule has 2 heterocycles. The summed E-state index contributed by atoms with van der Waals surface area (Å²) in [4.78, 5) is 30.9. The lowest BCUT2D eigenvalue weighted by molar-refractivity contribution is 0.112. The maximum atomic E-state index is 14.0. The van der Waals surface area contributed by atoms with Crippen molar-refractivity contribution >= 4 is 49.5 Å². The predicted octanol–water partition coefficient (Wildman–Crippen LogP) is 5.82. The number of carbonyl (C=O) groups is 1. The van der Waals surface area contributed by atoms with Gasteiger partial charge in [-0.2, -0.15) is 0 Å². The Labute approximate surface area is 215 Å². The number of nitrogens with zero attached hydrogens (tertiary/aromatic N) is 2. The van der Waals surface area contributed by atoms with Gasteiger partial charge in [-0.25, -0.2) is 4.98 Å². The first kappa shape index (κ1) is 23.8. The molecule has 2 aromatic heterocycles. The maximum Gasteiger partial charge on any atom is 0.263 e. The van der Waals surface area contributed by atoms with Gasteiger partial charge in [-0.15, -0.1) is 11.3 Å². The van der Waals surface area contributed by atoms with Crippen molar-refractivity contribution in [2.75, 3.05) is 21.3 Å². The summed E-state index contributed by atoms with van der Waals surface area (Å²) < 4.78 is 18.8. The minimum Gasteiger partial charge on any atom is -0.493 e. The molecule has 5 rings (SSSR count). The molecule has 0 bridgehead atoms. The Kier molecular flexibility index (Phi) is 6.38. The summed E-state index contributed by atoms with van der Waals surface area (Å²) >= 11 is 7.78. The fourth-order valence-corrected chi connectivity index (χ4v) is 5.68. The van der Waals surface area contributed by atoms with Crippen LogP contribution in [0.25, 0.3) is 31.7 Å². The highest BCUT2D eigenvalue weighted by atomic mass is 35.5. The van der Waals surface area contributed by atoms with Crippen molar-refractivity contribution in [1.82, 2.24) is 9.55 Å². The van der Waals surface area contributed by atoms with Crippen LogP contribution < -0.4 is 19.8 Å². The van der Waals surface area contributed by atoms with E-state index < -0.39 is 0 Å². The van der Waals surface area contributed by atoms with Crippen LogP contribution in [0.15, 0.2) is 59.4 Å². The second-order valence-electron chi connectivity index (χ2n) is 7.97. The van der Waals surface area contributed by atoms with Crippen molar-refractivity contribution in [2.24, 2.45) is 0 Å². The van der Waals surface area contributed by atoms with Gasteiger partial charge >= 0.3 is 0 Å². The number of aldehydes is 1. The second-order valence-corrected chi connectivity index (χ2v) is 9.35. The molecule has 0 unspecified atom stereocenters. The number of rotatable bonds is 7. The molecule has 3 aromatic carbocycles. The number of ether oxygens (including phenoxy) is 3. The van der Waals surface area contributed by atoms with E-state index in [9.17, 15) is 9.59 Å². The molecule has 7 nitrogen and oxygen atoms in total. The van der Waals surface area contributed by atoms with E-state index in [2.05, 4.69) is 0 Å². The van der Waals surface area contributed by atoms with Crippen molar-refractivity contribution in [3.8, 4) is 28.6 Å². The van der Waals surface area contributed by atoms with E-state index in [0.717, 1.165) is 5.56 Å². The van der Waals surface area contributed by atoms with Gasteiger partial charge in [-0.1, -0.05) is 48.0 Å². The van der Waals surface area contributed by atoms with Gasteiger partial charge < -0.3 is 14.2 Å². The molecule has 0 saturated carbocycles. The fraction of sp³-hybridized carbons (Fsp3) is 0.148. The Balaban J connectivity index is 1.86. The Bertz CT molecular complexity index is 1650. The minimum atomic E-state index is -0.214. The van der Waals surface area contributed by atoms with Gasteiger partial charge in [-0.05, 0) is 23.8 Å². The highest BCUT2D eigenvalue weighted by Gasteiger charge is 2.22. The van der Waals surface area contributed by atoms with Crippen LogP contribution in [-0.4, -0.2) is 37.2 Å². The first-order valence-electron chi connectivity index (χ1n) is 11.0. The Hall–Kier alpha value is -3.88. The van der Waals surface area contributed by atoms with Crippen LogP contribution in [0, 0.1) is 0 Å². The molecule has 36 heavy (non-hydrogen) atoms. The van der Waals surface area contributed by atoms with Gasteiger partial charge in [0.1, 0.15) is 10.7 Å². The molecule has 182 valence electrons. The van der Waals surface area contributed by atoms with Crippen LogP contribution in [0.1, 0.15) is 15.9 Å². The van der Waals surface area contributed by atoms with Gasteiger partial charge in [0.05, 0.1) is 43.0 Å². The Morgan fingerprint density at radius 1 is 1.00 bits per heavy atom. The van der Waals surface area contributed by atoms with Gasteiger partial charge in [0.25, 0.3) is 5.56 Å². The van der Waals surface area contributed by atoms with E-state index >= 15 is 0 Å². The molecule has 0 aliphatic rings. The molecule has 0 radical (unpaired) electrons. The van der Waals surface area contributed by atoms with E-state index in [1.54, 1.807) is 28.8 Å². The molecular formula is C27H21ClN2O5S. The van der Waals surface area contributed by atoms with Crippen molar-refractivity contribution in [2.45, 2.75) is 6.54 Å². The lowest BCUT2D eigenvalue weighted by atomic mass is 10.1. The average Bonchev–Trinajstić information content (AvgIpc) is 3.29. The van der Waals surface area contributed by atoms with Crippen LogP contribution in [0.3, 0.4) is 0 Å². The second kappa shape index (κ2) is 9.64. The van der Waals surface area contributed by atoms with Crippen LogP contribution in [0.5, 0.6) is 17.2 Å². The highest BCUT2D eigenvalue weighted by Crippen LogP contribution is 2.42. The third-order valence-corrected chi connectivity index (χ3v) is 7.60. The molecular weight excluding hydrogens is 500 g/mol. The maximum absolute atomic E-state index is 14.0. The molecule has 0 aliphatic heterocycles. The van der Waals surface area contributed by atoms with Crippen molar-refractivity contribution in [3.05, 3.63) is 81.1 Å². The molecule has 5 aromatic rings. The molecule has 0 spiro atoms. The molecule has 0 N–H and O–H groups in total. The number of benzene rings is 3. The van der Waals surface area contributed by atoms with E-state index in [1.165, 1.54) is 32.7 Å². The number of fused-ring (bicyclic) bond motifs is 3. The third-order valence-electron chi connectivity index (χ3n) is 5.96. The first-order valence-corrected chi connectivity index (χ1v) is 12.1. The van der Waals surface area contributed by atoms with E-state index in [1.807, 2.05) is 30.3 Å². The fourth-order valence-electron chi connectivity index (χ4n) is 4.24. The Morgan fingerprint density at radius 2 is 1.69 bits per heavy atom.